The van der Waals surface area contributed by atoms with Crippen LogP contribution in [0.3, 0.4) is 0 Å². The van der Waals surface area contributed by atoms with Crippen LogP contribution in [0.5, 0.6) is 0 Å². The third kappa shape index (κ3) is 3.91. The summed E-state index contributed by atoms with van der Waals surface area (Å²) >= 11 is 0. The van der Waals surface area contributed by atoms with Crippen LogP contribution in [0.1, 0.15) is 11.1 Å². The highest BCUT2D eigenvalue weighted by atomic mass is 32.3. The summed E-state index contributed by atoms with van der Waals surface area (Å²) in [5, 5.41) is 0. The van der Waals surface area contributed by atoms with Gasteiger partial charge in [0.25, 0.3) is 19.7 Å². The fraction of sp³-hybridized carbons (Fsp3) is 0.333. The Morgan fingerprint density at radius 2 is 1.42 bits per heavy atom. The van der Waals surface area contributed by atoms with Crippen molar-refractivity contribution in [2.75, 3.05) is 0 Å². The van der Waals surface area contributed by atoms with Crippen molar-refractivity contribution in [1.29, 1.82) is 0 Å². The molecule has 136 valence electrons. The number of hydrogen-bond acceptors (Lipinski definition) is 4. The zero-order valence-electron chi connectivity index (χ0n) is 11.6. The van der Waals surface area contributed by atoms with Gasteiger partial charge in [-0.2, -0.15) is 26.3 Å². The van der Waals surface area contributed by atoms with Crippen molar-refractivity contribution in [3.63, 3.8) is 0 Å². The molecule has 0 heterocycles. The molecule has 1 rings (SSSR count). The van der Waals surface area contributed by atoms with E-state index >= 15 is 0 Å². The molecule has 4 nitrogen and oxygen atoms in total. The summed E-state index contributed by atoms with van der Waals surface area (Å²) in [5.41, 5.74) is -12.4. The molecule has 0 aromatic heterocycles. The highest BCUT2D eigenvalue weighted by Gasteiger charge is 2.62. The van der Waals surface area contributed by atoms with Crippen LogP contribution < -0.4 is 0 Å². The van der Waals surface area contributed by atoms with E-state index in [0.717, 1.165) is 12.1 Å². The third-order valence-electron chi connectivity index (χ3n) is 2.93. The Morgan fingerprint density at radius 3 is 1.79 bits per heavy atom. The van der Waals surface area contributed by atoms with Crippen molar-refractivity contribution in [3.05, 3.63) is 42.0 Å². The molecule has 0 unspecified atom stereocenters. The molecule has 0 amide bonds. The summed E-state index contributed by atoms with van der Waals surface area (Å²) in [6.07, 6.45) is -0.305. The predicted molar refractivity (Wildman–Crippen MR) is 74.0 cm³/mol. The Morgan fingerprint density at radius 1 is 0.958 bits per heavy atom. The van der Waals surface area contributed by atoms with Gasteiger partial charge in [0.1, 0.15) is 0 Å². The maximum absolute atomic E-state index is 12.6. The molecule has 0 aliphatic heterocycles. The van der Waals surface area contributed by atoms with Crippen molar-refractivity contribution >= 4 is 25.8 Å². The van der Waals surface area contributed by atoms with Crippen LogP contribution in [0.2, 0.25) is 0 Å². The fourth-order valence-corrected chi connectivity index (χ4v) is 5.13. The van der Waals surface area contributed by atoms with Gasteiger partial charge in [0.2, 0.25) is 0 Å². The number of benzene rings is 1. The molecule has 12 heteroatoms. The lowest BCUT2D eigenvalue weighted by atomic mass is 10.1. The van der Waals surface area contributed by atoms with E-state index in [4.69, 9.17) is 0 Å². The second-order valence-corrected chi connectivity index (χ2v) is 9.11. The van der Waals surface area contributed by atoms with E-state index in [1.165, 1.54) is 18.2 Å². The minimum atomic E-state index is -6.63. The van der Waals surface area contributed by atoms with E-state index in [0.29, 0.717) is 0 Å². The minimum Gasteiger partial charge on any atom is -0.218 e. The molecule has 0 aliphatic carbocycles. The second-order valence-electron chi connectivity index (χ2n) is 4.56. The molecule has 0 radical (unpaired) electrons. The zero-order valence-corrected chi connectivity index (χ0v) is 13.2. The van der Waals surface area contributed by atoms with E-state index in [1.54, 1.807) is 0 Å². The van der Waals surface area contributed by atoms with E-state index in [2.05, 4.69) is 6.58 Å². The molecule has 1 aromatic carbocycles. The van der Waals surface area contributed by atoms with E-state index < -0.39 is 41.7 Å². The molecule has 0 saturated carbocycles. The number of sulfone groups is 2. The molecule has 0 fully saturated rings. The molecule has 0 bridgehead atoms. The summed E-state index contributed by atoms with van der Waals surface area (Å²) < 4.78 is 117. The van der Waals surface area contributed by atoms with E-state index in [-0.39, 0.29) is 11.1 Å². The zero-order chi connectivity index (χ0) is 19.0. The average Bonchev–Trinajstić information content (AvgIpc) is 2.42. The first-order valence-electron chi connectivity index (χ1n) is 5.96. The lowest BCUT2D eigenvalue weighted by molar-refractivity contribution is -0.0471. The molecule has 0 N–H and O–H groups in total. The van der Waals surface area contributed by atoms with Gasteiger partial charge in [0.05, 0.1) is 0 Å². The summed E-state index contributed by atoms with van der Waals surface area (Å²) in [6, 6.07) is 4.65. The SMILES string of the molecule is C=Cc1cccc(CC(S(=O)(=O)C(F)(F)F)S(=O)(=O)C(F)(F)F)c1. The van der Waals surface area contributed by atoms with Crippen LogP contribution >= 0.6 is 0 Å². The molecular weight excluding hydrogens is 386 g/mol. The number of hydrogen-bond donors (Lipinski definition) is 0. The maximum atomic E-state index is 12.6. The minimum absolute atomic E-state index is 0.264. The summed E-state index contributed by atoms with van der Waals surface area (Å²) in [6.45, 7) is 3.33. The number of rotatable bonds is 5. The number of alkyl halides is 6. The van der Waals surface area contributed by atoms with Gasteiger partial charge in [0.15, 0.2) is 4.58 Å². The highest BCUT2D eigenvalue weighted by Crippen LogP contribution is 2.37. The van der Waals surface area contributed by atoms with Crippen molar-refractivity contribution < 1.29 is 43.2 Å². The Balaban J connectivity index is 3.54. The topological polar surface area (TPSA) is 68.3 Å². The second kappa shape index (κ2) is 6.39. The Bertz CT molecular complexity index is 778. The van der Waals surface area contributed by atoms with Gasteiger partial charge in [-0.1, -0.05) is 36.9 Å². The fourth-order valence-electron chi connectivity index (χ4n) is 1.72. The Labute approximate surface area is 133 Å². The predicted octanol–water partition coefficient (Wildman–Crippen LogP) is 3.07. The molecule has 0 atom stereocenters. The molecule has 0 spiro atoms. The molecular formula is C12H10F6O4S2. The van der Waals surface area contributed by atoms with E-state index in [1.807, 2.05) is 0 Å². The first kappa shape index (κ1) is 20.5. The van der Waals surface area contributed by atoms with Gasteiger partial charge in [-0.15, -0.1) is 0 Å². The van der Waals surface area contributed by atoms with Gasteiger partial charge in [0, 0.05) is 6.42 Å². The first-order valence-corrected chi connectivity index (χ1v) is 9.05. The molecule has 0 saturated heterocycles. The first-order chi connectivity index (χ1) is 10.6. The average molecular weight is 396 g/mol. The maximum Gasteiger partial charge on any atom is 0.498 e. The van der Waals surface area contributed by atoms with Crippen LogP contribution in [-0.2, 0) is 26.1 Å². The lowest BCUT2D eigenvalue weighted by Gasteiger charge is -2.21. The van der Waals surface area contributed by atoms with Crippen molar-refractivity contribution in [3.8, 4) is 0 Å². The smallest absolute Gasteiger partial charge is 0.218 e. The van der Waals surface area contributed by atoms with Crippen LogP contribution in [-0.4, -0.2) is 32.4 Å². The normalized spacial score (nSPS) is 14.0. The van der Waals surface area contributed by atoms with Crippen molar-refractivity contribution in [2.24, 2.45) is 0 Å². The Kier molecular flexibility index (Phi) is 5.45. The molecule has 1 aromatic rings. The van der Waals surface area contributed by atoms with Gasteiger partial charge >= 0.3 is 11.0 Å². The third-order valence-corrected chi connectivity index (χ3v) is 7.45. The van der Waals surface area contributed by atoms with Gasteiger partial charge < -0.3 is 0 Å². The monoisotopic (exact) mass is 396 g/mol. The standard InChI is InChI=1S/C12H10F6O4S2/c1-2-8-4-3-5-9(6-8)7-10(23(19,20)11(13,14)15)24(21,22)12(16,17)18/h2-6,10H,1,7H2. The summed E-state index contributed by atoms with van der Waals surface area (Å²) in [4.78, 5) is 0. The lowest BCUT2D eigenvalue weighted by Crippen LogP contribution is -2.46. The summed E-state index contributed by atoms with van der Waals surface area (Å²) in [5.74, 6) is 0. The quantitative estimate of drug-likeness (QED) is 0.718. The molecule has 24 heavy (non-hydrogen) atoms. The van der Waals surface area contributed by atoms with Gasteiger partial charge in [-0.25, -0.2) is 16.8 Å². The van der Waals surface area contributed by atoms with Crippen LogP contribution in [0, 0.1) is 0 Å². The van der Waals surface area contributed by atoms with Gasteiger partial charge in [-0.3, -0.25) is 0 Å². The highest BCUT2D eigenvalue weighted by molar-refractivity contribution is 8.09. The Hall–Kier alpha value is -1.56. The number of halogens is 6. The molecule has 0 aliphatic rings. The van der Waals surface area contributed by atoms with Crippen LogP contribution in [0.4, 0.5) is 26.3 Å². The van der Waals surface area contributed by atoms with Crippen molar-refractivity contribution in [2.45, 2.75) is 22.0 Å². The largest absolute Gasteiger partial charge is 0.498 e. The van der Waals surface area contributed by atoms with Gasteiger partial charge in [-0.05, 0) is 11.1 Å². The van der Waals surface area contributed by atoms with Crippen molar-refractivity contribution in [1.82, 2.24) is 0 Å². The summed E-state index contributed by atoms with van der Waals surface area (Å²) in [7, 11) is -13.3. The van der Waals surface area contributed by atoms with Crippen LogP contribution in [0.15, 0.2) is 30.8 Å². The van der Waals surface area contributed by atoms with E-state index in [9.17, 15) is 43.2 Å². The van der Waals surface area contributed by atoms with Crippen LogP contribution in [0.25, 0.3) is 6.08 Å².